The Morgan fingerprint density at radius 2 is 1.79 bits per heavy atom. The van der Waals surface area contributed by atoms with E-state index in [2.05, 4.69) is 5.32 Å². The zero-order valence-corrected chi connectivity index (χ0v) is 17.4. The van der Waals surface area contributed by atoms with Crippen molar-refractivity contribution in [2.75, 3.05) is 45.6 Å². The first kappa shape index (κ1) is 21.7. The van der Waals surface area contributed by atoms with E-state index in [0.29, 0.717) is 32.5 Å². The van der Waals surface area contributed by atoms with E-state index in [4.69, 9.17) is 0 Å². The monoisotopic (exact) mass is 388 g/mol. The van der Waals surface area contributed by atoms with Crippen molar-refractivity contribution in [1.29, 1.82) is 0 Å². The second-order valence-electron chi connectivity index (χ2n) is 7.56. The number of hydrogen-bond acceptors (Lipinski definition) is 3. The summed E-state index contributed by atoms with van der Waals surface area (Å²) in [7, 11) is 3.46. The number of likely N-dealkylation sites (tertiary alicyclic amines) is 1. The molecule has 28 heavy (non-hydrogen) atoms. The summed E-state index contributed by atoms with van der Waals surface area (Å²) in [6.45, 7) is 5.69. The largest absolute Gasteiger partial charge is 0.333 e. The van der Waals surface area contributed by atoms with Gasteiger partial charge in [-0.3, -0.25) is 9.59 Å². The van der Waals surface area contributed by atoms with Crippen LogP contribution >= 0.6 is 0 Å². The molecule has 0 bridgehead atoms. The number of amides is 4. The SMILES string of the molecule is CCCN(CC(=O)Nc1ccccc1C)C(=O)C1CCN(C(=O)N(C)C)CC1. The summed E-state index contributed by atoms with van der Waals surface area (Å²) in [5.41, 5.74) is 1.76. The summed E-state index contributed by atoms with van der Waals surface area (Å²) in [6.07, 6.45) is 2.07. The molecule has 0 spiro atoms. The Kier molecular flexibility index (Phi) is 7.84. The molecule has 7 nitrogen and oxygen atoms in total. The Hall–Kier alpha value is -2.57. The van der Waals surface area contributed by atoms with Crippen molar-refractivity contribution >= 4 is 23.5 Å². The van der Waals surface area contributed by atoms with Crippen LogP contribution in [0.1, 0.15) is 31.7 Å². The van der Waals surface area contributed by atoms with Gasteiger partial charge in [0.25, 0.3) is 0 Å². The van der Waals surface area contributed by atoms with Crippen LogP contribution in [0.3, 0.4) is 0 Å². The van der Waals surface area contributed by atoms with E-state index in [1.165, 1.54) is 0 Å². The first-order chi connectivity index (χ1) is 13.3. The molecule has 1 aliphatic heterocycles. The van der Waals surface area contributed by atoms with Crippen molar-refractivity contribution in [2.24, 2.45) is 5.92 Å². The van der Waals surface area contributed by atoms with E-state index in [0.717, 1.165) is 17.7 Å². The number of carbonyl (C=O) groups is 3. The number of hydrogen-bond donors (Lipinski definition) is 1. The normalized spacial score (nSPS) is 14.5. The predicted octanol–water partition coefficient (Wildman–Crippen LogP) is 2.57. The lowest BCUT2D eigenvalue weighted by atomic mass is 9.95. The number of rotatable bonds is 6. The zero-order chi connectivity index (χ0) is 20.7. The van der Waals surface area contributed by atoms with E-state index < -0.39 is 0 Å². The van der Waals surface area contributed by atoms with Crippen molar-refractivity contribution in [3.05, 3.63) is 29.8 Å². The number of carbonyl (C=O) groups excluding carboxylic acids is 3. The van der Waals surface area contributed by atoms with Gasteiger partial charge in [0.1, 0.15) is 0 Å². The highest BCUT2D eigenvalue weighted by atomic mass is 16.2. The Bertz CT molecular complexity index is 697. The molecule has 0 aliphatic carbocycles. The maximum absolute atomic E-state index is 13.0. The van der Waals surface area contributed by atoms with Crippen LogP contribution in [0.25, 0.3) is 0 Å². The Labute approximate surface area is 167 Å². The topological polar surface area (TPSA) is 73.0 Å². The van der Waals surface area contributed by atoms with Gasteiger partial charge in [-0.15, -0.1) is 0 Å². The minimum absolute atomic E-state index is 0.0127. The van der Waals surface area contributed by atoms with Crippen LogP contribution in [0.5, 0.6) is 0 Å². The highest BCUT2D eigenvalue weighted by Crippen LogP contribution is 2.21. The molecule has 1 fully saturated rings. The van der Waals surface area contributed by atoms with Gasteiger partial charge >= 0.3 is 6.03 Å². The molecule has 1 aromatic rings. The van der Waals surface area contributed by atoms with Crippen LogP contribution in [0.2, 0.25) is 0 Å². The predicted molar refractivity (Wildman–Crippen MR) is 110 cm³/mol. The smallest absolute Gasteiger partial charge is 0.319 e. The average Bonchev–Trinajstić information content (AvgIpc) is 2.68. The van der Waals surface area contributed by atoms with E-state index in [9.17, 15) is 14.4 Å². The molecule has 7 heteroatoms. The second-order valence-corrected chi connectivity index (χ2v) is 7.56. The molecule has 1 heterocycles. The Morgan fingerprint density at radius 3 is 2.36 bits per heavy atom. The van der Waals surface area contributed by atoms with Gasteiger partial charge in [-0.2, -0.15) is 0 Å². The quantitative estimate of drug-likeness (QED) is 0.814. The number of benzene rings is 1. The summed E-state index contributed by atoms with van der Waals surface area (Å²) < 4.78 is 0. The highest BCUT2D eigenvalue weighted by molar-refractivity contribution is 5.95. The molecular formula is C21H32N4O3. The number of piperidine rings is 1. The first-order valence-electron chi connectivity index (χ1n) is 9.94. The van der Waals surface area contributed by atoms with Crippen molar-refractivity contribution < 1.29 is 14.4 Å². The van der Waals surface area contributed by atoms with Crippen molar-refractivity contribution in [3.63, 3.8) is 0 Å². The van der Waals surface area contributed by atoms with Crippen LogP contribution in [-0.4, -0.2) is 72.8 Å². The third-order valence-electron chi connectivity index (χ3n) is 5.06. The minimum Gasteiger partial charge on any atom is -0.333 e. The van der Waals surface area contributed by atoms with Gasteiger partial charge < -0.3 is 20.0 Å². The number of urea groups is 1. The van der Waals surface area contributed by atoms with E-state index in [-0.39, 0.29) is 30.3 Å². The molecule has 1 aromatic carbocycles. The van der Waals surface area contributed by atoms with Crippen LogP contribution in [0, 0.1) is 12.8 Å². The van der Waals surface area contributed by atoms with Gasteiger partial charge in [0, 0.05) is 45.3 Å². The summed E-state index contributed by atoms with van der Waals surface area (Å²) in [5.74, 6) is -0.306. The molecule has 0 radical (unpaired) electrons. The first-order valence-corrected chi connectivity index (χ1v) is 9.94. The highest BCUT2D eigenvalue weighted by Gasteiger charge is 2.31. The lowest BCUT2D eigenvalue weighted by molar-refractivity contribution is -0.139. The van der Waals surface area contributed by atoms with E-state index in [1.807, 2.05) is 38.1 Å². The maximum Gasteiger partial charge on any atom is 0.319 e. The fraction of sp³-hybridized carbons (Fsp3) is 0.571. The standard InChI is InChI=1S/C21H32N4O3/c1-5-12-25(15-19(26)22-18-9-7-6-8-16(18)2)20(27)17-10-13-24(14-11-17)21(28)23(3)4/h6-9,17H,5,10-15H2,1-4H3,(H,22,26). The number of nitrogens with zero attached hydrogens (tertiary/aromatic N) is 3. The van der Waals surface area contributed by atoms with Gasteiger partial charge in [0.05, 0.1) is 6.54 Å². The van der Waals surface area contributed by atoms with Crippen molar-refractivity contribution in [3.8, 4) is 0 Å². The molecular weight excluding hydrogens is 356 g/mol. The number of anilines is 1. The number of nitrogens with one attached hydrogen (secondary N) is 1. The molecule has 4 amide bonds. The third-order valence-corrected chi connectivity index (χ3v) is 5.06. The molecule has 2 rings (SSSR count). The van der Waals surface area contributed by atoms with Gasteiger partial charge in [0.15, 0.2) is 0 Å². The van der Waals surface area contributed by atoms with Gasteiger partial charge in [0.2, 0.25) is 11.8 Å². The minimum atomic E-state index is -0.184. The third kappa shape index (κ3) is 5.71. The van der Waals surface area contributed by atoms with Crippen LogP contribution in [0.4, 0.5) is 10.5 Å². The molecule has 0 atom stereocenters. The van der Waals surface area contributed by atoms with Crippen LogP contribution < -0.4 is 5.32 Å². The van der Waals surface area contributed by atoms with E-state index in [1.54, 1.807) is 28.8 Å². The van der Waals surface area contributed by atoms with Crippen molar-refractivity contribution in [2.45, 2.75) is 33.1 Å². The molecule has 1 N–H and O–H groups in total. The van der Waals surface area contributed by atoms with Crippen LogP contribution in [-0.2, 0) is 9.59 Å². The van der Waals surface area contributed by atoms with Gasteiger partial charge in [-0.25, -0.2) is 4.79 Å². The van der Waals surface area contributed by atoms with Crippen LogP contribution in [0.15, 0.2) is 24.3 Å². The fourth-order valence-electron chi connectivity index (χ4n) is 3.47. The average molecular weight is 389 g/mol. The summed E-state index contributed by atoms with van der Waals surface area (Å²) in [4.78, 5) is 42.5. The Morgan fingerprint density at radius 1 is 1.14 bits per heavy atom. The summed E-state index contributed by atoms with van der Waals surface area (Å²) in [6, 6.07) is 7.57. The lowest BCUT2D eigenvalue weighted by Gasteiger charge is -2.35. The van der Waals surface area contributed by atoms with Gasteiger partial charge in [-0.1, -0.05) is 25.1 Å². The summed E-state index contributed by atoms with van der Waals surface area (Å²) >= 11 is 0. The molecule has 0 unspecified atom stereocenters. The van der Waals surface area contributed by atoms with Crippen molar-refractivity contribution in [1.82, 2.24) is 14.7 Å². The molecule has 154 valence electrons. The van der Waals surface area contributed by atoms with E-state index >= 15 is 0 Å². The molecule has 0 aromatic heterocycles. The fourth-order valence-corrected chi connectivity index (χ4v) is 3.47. The summed E-state index contributed by atoms with van der Waals surface area (Å²) in [5, 5.41) is 2.90. The Balaban J connectivity index is 1.94. The maximum atomic E-state index is 13.0. The molecule has 1 aliphatic rings. The number of aryl methyl sites for hydroxylation is 1. The molecule has 0 saturated carbocycles. The zero-order valence-electron chi connectivity index (χ0n) is 17.4. The second kappa shape index (κ2) is 10.1. The molecule has 1 saturated heterocycles. The number of para-hydroxylation sites is 1. The lowest BCUT2D eigenvalue weighted by Crippen LogP contribution is -2.48. The van der Waals surface area contributed by atoms with Gasteiger partial charge in [-0.05, 0) is 37.8 Å².